The van der Waals surface area contributed by atoms with Crippen LogP contribution in [0.25, 0.3) is 0 Å². The van der Waals surface area contributed by atoms with Gasteiger partial charge in [0.1, 0.15) is 5.84 Å². The number of allylic oxidation sites excluding steroid dienone is 2. The number of amidine groups is 1. The minimum Gasteiger partial charge on any atom is -0.299 e. The Morgan fingerprint density at radius 3 is 2.75 bits per heavy atom. The third-order valence-electron chi connectivity index (χ3n) is 4.29. The van der Waals surface area contributed by atoms with Crippen molar-refractivity contribution in [1.82, 2.24) is 0 Å². The molecule has 0 radical (unpaired) electrons. The van der Waals surface area contributed by atoms with Crippen LogP contribution in [-0.2, 0) is 0 Å². The molecule has 1 atom stereocenters. The van der Waals surface area contributed by atoms with E-state index in [2.05, 4.69) is 49.6 Å². The zero-order valence-electron chi connectivity index (χ0n) is 12.4. The fraction of sp³-hybridized carbons (Fsp3) is 0.389. The summed E-state index contributed by atoms with van der Waals surface area (Å²) in [5, 5.41) is 0. The van der Waals surface area contributed by atoms with Crippen LogP contribution in [0.5, 0.6) is 0 Å². The van der Waals surface area contributed by atoms with Gasteiger partial charge in [-0.3, -0.25) is 4.90 Å². The lowest BCUT2D eigenvalue weighted by atomic mass is 9.84. The lowest BCUT2D eigenvalue weighted by molar-refractivity contribution is 0.533. The second-order valence-electron chi connectivity index (χ2n) is 5.65. The third kappa shape index (κ3) is 2.09. The molecule has 0 aromatic heterocycles. The predicted octanol–water partition coefficient (Wildman–Crippen LogP) is 4.90. The Morgan fingerprint density at radius 1 is 1.30 bits per heavy atom. The van der Waals surface area contributed by atoms with Crippen molar-refractivity contribution in [3.8, 4) is 0 Å². The monoisotopic (exact) mass is 266 g/mol. The summed E-state index contributed by atoms with van der Waals surface area (Å²) in [4.78, 5) is 7.18. The molecule has 0 N–H and O–H groups in total. The van der Waals surface area contributed by atoms with Gasteiger partial charge in [0.15, 0.2) is 0 Å². The van der Waals surface area contributed by atoms with Crippen molar-refractivity contribution < 1.29 is 0 Å². The van der Waals surface area contributed by atoms with E-state index < -0.39 is 0 Å². The maximum Gasteiger partial charge on any atom is 0.113 e. The van der Waals surface area contributed by atoms with E-state index in [0.717, 1.165) is 24.4 Å². The average molecular weight is 266 g/mol. The van der Waals surface area contributed by atoms with Gasteiger partial charge in [-0.05, 0) is 42.9 Å². The summed E-state index contributed by atoms with van der Waals surface area (Å²) in [7, 11) is 0. The van der Waals surface area contributed by atoms with E-state index in [0.29, 0.717) is 5.92 Å². The lowest BCUT2D eigenvalue weighted by Gasteiger charge is -2.37. The molecular formula is C18H22N2. The normalized spacial score (nSPS) is 22.7. The molecule has 0 fully saturated rings. The van der Waals surface area contributed by atoms with Crippen LogP contribution in [0.1, 0.15) is 39.5 Å². The maximum atomic E-state index is 4.94. The third-order valence-corrected chi connectivity index (χ3v) is 4.29. The van der Waals surface area contributed by atoms with Crippen molar-refractivity contribution in [1.29, 1.82) is 0 Å². The highest BCUT2D eigenvalue weighted by atomic mass is 15.2. The van der Waals surface area contributed by atoms with Gasteiger partial charge in [-0.2, -0.15) is 0 Å². The molecule has 0 saturated carbocycles. The van der Waals surface area contributed by atoms with E-state index in [1.165, 1.54) is 29.8 Å². The fourth-order valence-corrected chi connectivity index (χ4v) is 3.31. The summed E-state index contributed by atoms with van der Waals surface area (Å²) in [6, 6.07) is 10.5. The van der Waals surface area contributed by atoms with E-state index >= 15 is 0 Å². The summed E-state index contributed by atoms with van der Waals surface area (Å²) < 4.78 is 0. The second-order valence-corrected chi connectivity index (χ2v) is 5.65. The van der Waals surface area contributed by atoms with Crippen LogP contribution in [0.3, 0.4) is 0 Å². The van der Waals surface area contributed by atoms with Gasteiger partial charge in [0.25, 0.3) is 0 Å². The molecule has 2 nitrogen and oxygen atoms in total. The molecule has 20 heavy (non-hydrogen) atoms. The molecule has 1 aromatic rings. The first-order valence-electron chi connectivity index (χ1n) is 7.57. The summed E-state index contributed by atoms with van der Waals surface area (Å²) in [5.41, 5.74) is 4.95. The van der Waals surface area contributed by atoms with Crippen molar-refractivity contribution in [2.45, 2.75) is 39.5 Å². The molecule has 1 unspecified atom stereocenters. The Morgan fingerprint density at radius 2 is 2.05 bits per heavy atom. The first-order valence-corrected chi connectivity index (χ1v) is 7.57. The number of rotatable bonds is 2. The zero-order valence-corrected chi connectivity index (χ0v) is 12.4. The zero-order chi connectivity index (χ0) is 14.1. The van der Waals surface area contributed by atoms with Gasteiger partial charge < -0.3 is 0 Å². The number of aliphatic imine (C=N–C) groups is 1. The minimum atomic E-state index is 0.569. The molecule has 1 aromatic carbocycles. The van der Waals surface area contributed by atoms with Crippen LogP contribution in [0.15, 0.2) is 58.9 Å². The Hall–Kier alpha value is -1.83. The van der Waals surface area contributed by atoms with Crippen molar-refractivity contribution in [3.63, 3.8) is 0 Å². The van der Waals surface area contributed by atoms with Crippen LogP contribution in [0.2, 0.25) is 0 Å². The minimum absolute atomic E-state index is 0.569. The number of nitrogens with zero attached hydrogens (tertiary/aromatic N) is 2. The Balaban J connectivity index is 2.08. The topological polar surface area (TPSA) is 15.6 Å². The average Bonchev–Trinajstić information content (AvgIpc) is 2.47. The van der Waals surface area contributed by atoms with Crippen LogP contribution in [-0.4, -0.2) is 5.84 Å². The molecular weight excluding hydrogens is 244 g/mol. The van der Waals surface area contributed by atoms with Crippen molar-refractivity contribution in [2.24, 2.45) is 10.9 Å². The molecule has 1 heterocycles. The Bertz CT molecular complexity index is 581. The van der Waals surface area contributed by atoms with Crippen LogP contribution in [0, 0.1) is 5.92 Å². The van der Waals surface area contributed by atoms with E-state index in [4.69, 9.17) is 4.99 Å². The lowest BCUT2D eigenvalue weighted by Crippen LogP contribution is -2.35. The molecule has 0 spiro atoms. The maximum absolute atomic E-state index is 4.94. The summed E-state index contributed by atoms with van der Waals surface area (Å²) in [6.07, 6.45) is 4.53. The highest BCUT2D eigenvalue weighted by Crippen LogP contribution is 2.40. The molecule has 3 rings (SSSR count). The molecule has 0 amide bonds. The van der Waals surface area contributed by atoms with E-state index in [1.54, 1.807) is 0 Å². The molecule has 1 aliphatic carbocycles. The fourth-order valence-electron chi connectivity index (χ4n) is 3.31. The Labute approximate surface area is 121 Å². The van der Waals surface area contributed by atoms with Crippen molar-refractivity contribution in [2.75, 3.05) is 4.90 Å². The summed E-state index contributed by atoms with van der Waals surface area (Å²) in [6.45, 7) is 8.86. The van der Waals surface area contributed by atoms with Gasteiger partial charge in [0.05, 0.1) is 0 Å². The molecule has 0 saturated heterocycles. The van der Waals surface area contributed by atoms with Gasteiger partial charge in [-0.15, -0.1) is 0 Å². The first-order chi connectivity index (χ1) is 9.72. The number of anilines is 1. The number of benzene rings is 1. The summed E-state index contributed by atoms with van der Waals surface area (Å²) >= 11 is 0. The standard InChI is InChI=1S/C18H22N2/c1-4-17-19-16-12-8-9-13(2)18(16)14(3)20(17)15-10-6-5-7-11-15/h5-7,10-11,13H,3-4,8-9,12H2,1-2H3. The van der Waals surface area contributed by atoms with Crippen LogP contribution in [0.4, 0.5) is 5.69 Å². The Kier molecular flexibility index (Phi) is 3.47. The quantitative estimate of drug-likeness (QED) is 0.743. The van der Waals surface area contributed by atoms with Gasteiger partial charge in [0.2, 0.25) is 0 Å². The molecule has 2 heteroatoms. The number of hydrogen-bond acceptors (Lipinski definition) is 2. The molecule has 2 aliphatic rings. The molecule has 0 bridgehead atoms. The van der Waals surface area contributed by atoms with Crippen molar-refractivity contribution in [3.05, 3.63) is 53.9 Å². The van der Waals surface area contributed by atoms with Crippen LogP contribution >= 0.6 is 0 Å². The van der Waals surface area contributed by atoms with E-state index in [9.17, 15) is 0 Å². The highest BCUT2D eigenvalue weighted by Gasteiger charge is 2.30. The highest BCUT2D eigenvalue weighted by molar-refractivity contribution is 6.03. The SMILES string of the molecule is C=C1C2=C(CCCC2C)N=C(CC)N1c1ccccc1. The van der Waals surface area contributed by atoms with Gasteiger partial charge >= 0.3 is 0 Å². The first kappa shape index (κ1) is 13.2. The van der Waals surface area contributed by atoms with Gasteiger partial charge in [-0.25, -0.2) is 4.99 Å². The largest absolute Gasteiger partial charge is 0.299 e. The van der Waals surface area contributed by atoms with E-state index in [1.807, 2.05) is 6.07 Å². The molecule has 104 valence electrons. The smallest absolute Gasteiger partial charge is 0.113 e. The van der Waals surface area contributed by atoms with Gasteiger partial charge in [0, 0.05) is 23.5 Å². The number of para-hydroxylation sites is 1. The van der Waals surface area contributed by atoms with E-state index in [-0.39, 0.29) is 0 Å². The van der Waals surface area contributed by atoms with Crippen molar-refractivity contribution >= 4 is 11.5 Å². The van der Waals surface area contributed by atoms with Crippen LogP contribution < -0.4 is 4.90 Å². The molecule has 1 aliphatic heterocycles. The predicted molar refractivity (Wildman–Crippen MR) is 85.8 cm³/mol. The van der Waals surface area contributed by atoms with Gasteiger partial charge in [-0.1, -0.05) is 38.6 Å². The second kappa shape index (κ2) is 5.28. The number of hydrogen-bond donors (Lipinski definition) is 0. The summed E-state index contributed by atoms with van der Waals surface area (Å²) in [5.74, 6) is 1.69.